The first-order valence-electron chi connectivity index (χ1n) is 5.31. The smallest absolute Gasteiger partial charge is 0.171 e. The summed E-state index contributed by atoms with van der Waals surface area (Å²) >= 11 is 8.47. The van der Waals surface area contributed by atoms with Crippen LogP contribution in [0.1, 0.15) is 5.56 Å². The minimum absolute atomic E-state index is 0.0899. The van der Waals surface area contributed by atoms with Crippen molar-refractivity contribution in [1.82, 2.24) is 0 Å². The molecule has 3 N–H and O–H groups in total. The van der Waals surface area contributed by atoms with Gasteiger partial charge in [0.25, 0.3) is 0 Å². The molecule has 19 heavy (non-hydrogen) atoms. The van der Waals surface area contributed by atoms with Gasteiger partial charge in [0.05, 0.1) is 0 Å². The van der Waals surface area contributed by atoms with Crippen LogP contribution in [0, 0.1) is 0 Å². The molecule has 98 valence electrons. The number of nitrogens with zero attached hydrogens (tertiary/aromatic N) is 1. The van der Waals surface area contributed by atoms with Crippen LogP contribution in [0.3, 0.4) is 0 Å². The van der Waals surface area contributed by atoms with E-state index >= 15 is 0 Å². The zero-order chi connectivity index (χ0) is 13.8. The van der Waals surface area contributed by atoms with E-state index in [1.54, 1.807) is 11.8 Å². The van der Waals surface area contributed by atoms with E-state index in [2.05, 4.69) is 37.0 Å². The quantitative estimate of drug-likeness (QED) is 0.345. The van der Waals surface area contributed by atoms with Crippen LogP contribution in [0.5, 0.6) is 0 Å². The van der Waals surface area contributed by atoms with E-state index < -0.39 is 0 Å². The molecule has 6 heteroatoms. The summed E-state index contributed by atoms with van der Waals surface area (Å²) in [5.74, 6) is 0.0899. The van der Waals surface area contributed by atoms with Gasteiger partial charge in [0.1, 0.15) is 0 Å². The maximum Gasteiger partial charge on any atom is 0.171 e. The van der Waals surface area contributed by atoms with Crippen molar-refractivity contribution >= 4 is 49.5 Å². The molecule has 0 aliphatic carbocycles. The van der Waals surface area contributed by atoms with Crippen LogP contribution in [-0.2, 0) is 0 Å². The van der Waals surface area contributed by atoms with Gasteiger partial charge in [-0.25, -0.2) is 0 Å². The third-order valence-corrected chi connectivity index (χ3v) is 4.56. The van der Waals surface area contributed by atoms with Gasteiger partial charge in [-0.1, -0.05) is 32.8 Å². The third kappa shape index (κ3) is 3.75. The molecule has 0 fully saturated rings. The molecule has 2 rings (SSSR count). The Balaban J connectivity index is 2.23. The van der Waals surface area contributed by atoms with Crippen LogP contribution in [0.4, 0.5) is 0 Å². The number of halogens is 2. The van der Waals surface area contributed by atoms with Crippen LogP contribution in [-0.4, -0.2) is 11.0 Å². The summed E-state index contributed by atoms with van der Waals surface area (Å²) in [5, 5.41) is 11.7. The molecule has 0 aliphatic heterocycles. The average molecular weight is 402 g/mol. The Morgan fingerprint density at radius 3 is 2.26 bits per heavy atom. The second-order valence-corrected chi connectivity index (χ2v) is 6.60. The van der Waals surface area contributed by atoms with Crippen LogP contribution in [0.2, 0.25) is 0 Å². The fraction of sp³-hybridized carbons (Fsp3) is 0. The molecule has 3 nitrogen and oxygen atoms in total. The van der Waals surface area contributed by atoms with Gasteiger partial charge in [0.15, 0.2) is 5.84 Å². The highest BCUT2D eigenvalue weighted by atomic mass is 79.9. The van der Waals surface area contributed by atoms with E-state index in [-0.39, 0.29) is 5.84 Å². The maximum absolute atomic E-state index is 8.68. The molecule has 2 aromatic rings. The first-order valence-corrected chi connectivity index (χ1v) is 7.71. The van der Waals surface area contributed by atoms with Gasteiger partial charge < -0.3 is 10.9 Å². The average Bonchev–Trinajstić information content (AvgIpc) is 2.41. The number of oxime groups is 1. The lowest BCUT2D eigenvalue weighted by atomic mass is 10.2. The Labute approximate surface area is 132 Å². The lowest BCUT2D eigenvalue weighted by Crippen LogP contribution is -2.13. The Hall–Kier alpha value is -0.980. The van der Waals surface area contributed by atoms with Crippen molar-refractivity contribution in [3.8, 4) is 0 Å². The minimum atomic E-state index is 0.0899. The van der Waals surface area contributed by atoms with Crippen LogP contribution in [0.25, 0.3) is 0 Å². The summed E-state index contributed by atoms with van der Waals surface area (Å²) < 4.78 is 1.85. The van der Waals surface area contributed by atoms with Gasteiger partial charge in [0, 0.05) is 24.3 Å². The molecule has 0 aromatic heterocycles. The zero-order valence-electron chi connectivity index (χ0n) is 9.68. The van der Waals surface area contributed by atoms with Crippen molar-refractivity contribution < 1.29 is 5.21 Å². The maximum atomic E-state index is 8.68. The molecule has 0 unspecified atom stereocenters. The summed E-state index contributed by atoms with van der Waals surface area (Å²) in [6, 6.07) is 13.8. The third-order valence-electron chi connectivity index (χ3n) is 2.37. The highest BCUT2D eigenvalue weighted by Gasteiger charge is 2.06. The number of hydrogen-bond acceptors (Lipinski definition) is 3. The van der Waals surface area contributed by atoms with E-state index in [1.165, 1.54) is 0 Å². The second-order valence-electron chi connectivity index (χ2n) is 3.68. The molecule has 0 saturated heterocycles. The summed E-state index contributed by atoms with van der Waals surface area (Å²) in [6.45, 7) is 0. The molecule has 0 bridgehead atoms. The van der Waals surface area contributed by atoms with Gasteiger partial charge in [-0.05, 0) is 58.4 Å². The highest BCUT2D eigenvalue weighted by Crippen LogP contribution is 2.31. The number of benzene rings is 2. The van der Waals surface area contributed by atoms with Gasteiger partial charge in [-0.3, -0.25) is 0 Å². The van der Waals surface area contributed by atoms with Crippen molar-refractivity contribution in [2.45, 2.75) is 9.79 Å². The molecule has 0 aliphatic rings. The van der Waals surface area contributed by atoms with E-state index in [1.807, 2.05) is 42.5 Å². The zero-order valence-corrected chi connectivity index (χ0v) is 13.7. The summed E-state index contributed by atoms with van der Waals surface area (Å²) in [5.41, 5.74) is 6.24. The molecule has 0 heterocycles. The molecular formula is C13H10Br2N2OS. The lowest BCUT2D eigenvalue weighted by molar-refractivity contribution is 0.318. The monoisotopic (exact) mass is 400 g/mol. The molecule has 0 radical (unpaired) electrons. The van der Waals surface area contributed by atoms with Crippen LogP contribution in [0.15, 0.2) is 66.4 Å². The van der Waals surface area contributed by atoms with Crippen molar-refractivity contribution in [3.63, 3.8) is 0 Å². The van der Waals surface area contributed by atoms with E-state index in [0.29, 0.717) is 5.56 Å². The van der Waals surface area contributed by atoms with Crippen molar-refractivity contribution in [3.05, 3.63) is 57.0 Å². The Bertz CT molecular complexity index is 615. The number of nitrogens with two attached hydrogens (primary N) is 1. The van der Waals surface area contributed by atoms with Gasteiger partial charge in [-0.15, -0.1) is 0 Å². The SMILES string of the molecule is N/C(=N/O)c1ccc(Sc2ccc(Br)cc2)cc1Br. The molecule has 0 amide bonds. The van der Waals surface area contributed by atoms with Crippen molar-refractivity contribution in [2.75, 3.05) is 0 Å². The van der Waals surface area contributed by atoms with Crippen molar-refractivity contribution in [2.24, 2.45) is 10.9 Å². The topological polar surface area (TPSA) is 58.6 Å². The van der Waals surface area contributed by atoms with Crippen molar-refractivity contribution in [1.29, 1.82) is 0 Å². The molecular weight excluding hydrogens is 392 g/mol. The highest BCUT2D eigenvalue weighted by molar-refractivity contribution is 9.10. The summed E-state index contributed by atoms with van der Waals surface area (Å²) in [4.78, 5) is 2.22. The summed E-state index contributed by atoms with van der Waals surface area (Å²) in [6.07, 6.45) is 0. The van der Waals surface area contributed by atoms with E-state index in [9.17, 15) is 0 Å². The van der Waals surface area contributed by atoms with Crippen LogP contribution >= 0.6 is 43.6 Å². The largest absolute Gasteiger partial charge is 0.409 e. The molecule has 0 spiro atoms. The van der Waals surface area contributed by atoms with Gasteiger partial charge in [-0.2, -0.15) is 0 Å². The number of amidine groups is 1. The first-order chi connectivity index (χ1) is 9.10. The molecule has 0 saturated carbocycles. The summed E-state index contributed by atoms with van der Waals surface area (Å²) in [7, 11) is 0. The fourth-order valence-electron chi connectivity index (χ4n) is 1.46. The standard InChI is InChI=1S/C13H10Br2N2OS/c14-8-1-3-9(4-2-8)19-10-5-6-11(12(15)7-10)13(16)17-18/h1-7,18H,(H2,16,17). The Kier molecular flexibility index (Phi) is 4.90. The first kappa shape index (κ1) is 14.4. The van der Waals surface area contributed by atoms with Gasteiger partial charge in [0.2, 0.25) is 0 Å². The second kappa shape index (κ2) is 6.45. The van der Waals surface area contributed by atoms with E-state index in [4.69, 9.17) is 10.9 Å². The van der Waals surface area contributed by atoms with Gasteiger partial charge >= 0.3 is 0 Å². The lowest BCUT2D eigenvalue weighted by Gasteiger charge is -2.06. The molecule has 0 atom stereocenters. The number of rotatable bonds is 3. The molecule has 2 aromatic carbocycles. The predicted octanol–water partition coefficient (Wildman–Crippen LogP) is 4.46. The van der Waals surface area contributed by atoms with Crippen LogP contribution < -0.4 is 5.73 Å². The van der Waals surface area contributed by atoms with E-state index in [0.717, 1.165) is 18.7 Å². The normalized spacial score (nSPS) is 11.6. The fourth-order valence-corrected chi connectivity index (χ4v) is 3.31. The minimum Gasteiger partial charge on any atom is -0.409 e. The Morgan fingerprint density at radius 2 is 1.68 bits per heavy atom. The Morgan fingerprint density at radius 1 is 1.05 bits per heavy atom. The predicted molar refractivity (Wildman–Crippen MR) is 84.9 cm³/mol. The number of hydrogen-bond donors (Lipinski definition) is 2.